The van der Waals surface area contributed by atoms with Gasteiger partial charge in [0, 0.05) is 45.0 Å². The van der Waals surface area contributed by atoms with Gasteiger partial charge in [-0.2, -0.15) is 10.4 Å². The Labute approximate surface area is 123 Å². The fourth-order valence-electron chi connectivity index (χ4n) is 3.21. The summed E-state index contributed by atoms with van der Waals surface area (Å²) in [5.41, 5.74) is 1.82. The van der Waals surface area contributed by atoms with E-state index in [1.807, 2.05) is 10.9 Å². The van der Waals surface area contributed by atoms with Crippen molar-refractivity contribution in [3.63, 3.8) is 0 Å². The zero-order chi connectivity index (χ0) is 14.2. The lowest BCUT2D eigenvalue weighted by atomic mass is 10.1. The molecule has 1 fully saturated rings. The van der Waals surface area contributed by atoms with Crippen LogP contribution >= 0.6 is 0 Å². The number of nitrogens with zero attached hydrogens (tertiary/aromatic N) is 6. The van der Waals surface area contributed by atoms with E-state index in [0.29, 0.717) is 11.6 Å². The molecule has 2 aromatic rings. The molecule has 0 N–H and O–H groups in total. The average Bonchev–Trinajstić information content (AvgIpc) is 3.08. The van der Waals surface area contributed by atoms with Crippen LogP contribution < -0.4 is 0 Å². The predicted octanol–water partition coefficient (Wildman–Crippen LogP) is 1.34. The topological polar surface area (TPSA) is 62.7 Å². The van der Waals surface area contributed by atoms with Gasteiger partial charge in [-0.05, 0) is 12.8 Å². The molecule has 4 heterocycles. The number of fused-ring (bicyclic) bond motifs is 1. The minimum Gasteiger partial charge on any atom is -0.335 e. The molecule has 0 radical (unpaired) electrons. The van der Waals surface area contributed by atoms with Gasteiger partial charge in [0.2, 0.25) is 0 Å². The van der Waals surface area contributed by atoms with E-state index >= 15 is 0 Å². The molecule has 2 aliphatic rings. The van der Waals surface area contributed by atoms with E-state index in [4.69, 9.17) is 10.2 Å². The second kappa shape index (κ2) is 5.01. The number of nitriles is 1. The molecule has 108 valence electrons. The van der Waals surface area contributed by atoms with Gasteiger partial charge in [-0.3, -0.25) is 9.58 Å². The van der Waals surface area contributed by atoms with Crippen LogP contribution in [-0.2, 0) is 19.5 Å². The standard InChI is InChI=1S/C15H18N6/c16-5-12-6-17-21(7-12)14-10-19(11-14)8-13-9-20-4-2-1-3-15(20)18-13/h6-7,9,14H,1-4,8,10-11H2. The third-order valence-corrected chi connectivity index (χ3v) is 4.39. The molecule has 0 bridgehead atoms. The van der Waals surface area contributed by atoms with Gasteiger partial charge < -0.3 is 4.57 Å². The summed E-state index contributed by atoms with van der Waals surface area (Å²) in [7, 11) is 0. The van der Waals surface area contributed by atoms with Crippen LogP contribution in [0, 0.1) is 11.3 Å². The zero-order valence-corrected chi connectivity index (χ0v) is 11.9. The van der Waals surface area contributed by atoms with Crippen molar-refractivity contribution in [2.45, 2.75) is 38.4 Å². The predicted molar refractivity (Wildman–Crippen MR) is 76.4 cm³/mol. The van der Waals surface area contributed by atoms with Gasteiger partial charge in [0.25, 0.3) is 0 Å². The van der Waals surface area contributed by atoms with E-state index in [9.17, 15) is 0 Å². The molecule has 6 nitrogen and oxygen atoms in total. The molecule has 0 saturated carbocycles. The first-order valence-electron chi connectivity index (χ1n) is 7.53. The van der Waals surface area contributed by atoms with Crippen molar-refractivity contribution in [3.8, 4) is 6.07 Å². The highest BCUT2D eigenvalue weighted by Crippen LogP contribution is 2.23. The molecule has 0 unspecified atom stereocenters. The Morgan fingerprint density at radius 1 is 1.29 bits per heavy atom. The van der Waals surface area contributed by atoms with Crippen molar-refractivity contribution in [2.24, 2.45) is 0 Å². The van der Waals surface area contributed by atoms with E-state index in [0.717, 1.165) is 32.6 Å². The molecule has 4 rings (SSSR count). The van der Waals surface area contributed by atoms with Crippen molar-refractivity contribution in [1.29, 1.82) is 5.26 Å². The molecular weight excluding hydrogens is 264 g/mol. The van der Waals surface area contributed by atoms with Crippen LogP contribution in [0.2, 0.25) is 0 Å². The number of aryl methyl sites for hydroxylation is 2. The second-order valence-electron chi connectivity index (χ2n) is 5.97. The average molecular weight is 282 g/mol. The molecule has 2 aliphatic heterocycles. The highest BCUT2D eigenvalue weighted by Gasteiger charge is 2.29. The maximum atomic E-state index is 8.83. The third-order valence-electron chi connectivity index (χ3n) is 4.39. The van der Waals surface area contributed by atoms with E-state index in [1.54, 1.807) is 6.20 Å². The van der Waals surface area contributed by atoms with Gasteiger partial charge in [-0.15, -0.1) is 0 Å². The third kappa shape index (κ3) is 2.34. The van der Waals surface area contributed by atoms with Gasteiger partial charge in [-0.1, -0.05) is 0 Å². The lowest BCUT2D eigenvalue weighted by molar-refractivity contribution is 0.0896. The number of imidazole rings is 1. The fourth-order valence-corrected chi connectivity index (χ4v) is 3.21. The van der Waals surface area contributed by atoms with E-state index < -0.39 is 0 Å². The molecule has 6 heteroatoms. The van der Waals surface area contributed by atoms with E-state index in [1.165, 1.54) is 24.4 Å². The summed E-state index contributed by atoms with van der Waals surface area (Å²) in [5, 5.41) is 13.1. The Balaban J connectivity index is 1.36. The molecule has 21 heavy (non-hydrogen) atoms. The van der Waals surface area contributed by atoms with Crippen molar-refractivity contribution in [3.05, 3.63) is 35.7 Å². The lowest BCUT2D eigenvalue weighted by Gasteiger charge is -2.38. The summed E-state index contributed by atoms with van der Waals surface area (Å²) in [4.78, 5) is 7.13. The van der Waals surface area contributed by atoms with Crippen LogP contribution in [0.5, 0.6) is 0 Å². The van der Waals surface area contributed by atoms with Crippen molar-refractivity contribution >= 4 is 0 Å². The Morgan fingerprint density at radius 3 is 2.95 bits per heavy atom. The first-order chi connectivity index (χ1) is 10.3. The van der Waals surface area contributed by atoms with Crippen molar-refractivity contribution in [2.75, 3.05) is 13.1 Å². The summed E-state index contributed by atoms with van der Waals surface area (Å²) in [6.45, 7) is 4.00. The molecule has 0 aliphatic carbocycles. The van der Waals surface area contributed by atoms with E-state index in [-0.39, 0.29) is 0 Å². The van der Waals surface area contributed by atoms with Gasteiger partial charge in [0.05, 0.1) is 23.5 Å². The van der Waals surface area contributed by atoms with Crippen LogP contribution in [0.3, 0.4) is 0 Å². The van der Waals surface area contributed by atoms with Crippen LogP contribution in [0.1, 0.15) is 36.0 Å². The Kier molecular flexibility index (Phi) is 3.00. The Hall–Kier alpha value is -2.13. The minimum atomic E-state index is 0.393. The molecule has 0 aromatic carbocycles. The van der Waals surface area contributed by atoms with Gasteiger partial charge in [0.15, 0.2) is 0 Å². The summed E-state index contributed by atoms with van der Waals surface area (Å²) >= 11 is 0. The summed E-state index contributed by atoms with van der Waals surface area (Å²) in [6.07, 6.45) is 9.33. The number of aromatic nitrogens is 4. The maximum Gasteiger partial charge on any atom is 0.109 e. The van der Waals surface area contributed by atoms with Crippen molar-refractivity contribution in [1.82, 2.24) is 24.2 Å². The maximum absolute atomic E-state index is 8.83. The van der Waals surface area contributed by atoms with Gasteiger partial charge in [0.1, 0.15) is 11.9 Å². The largest absolute Gasteiger partial charge is 0.335 e. The highest BCUT2D eigenvalue weighted by molar-refractivity contribution is 5.22. The number of hydrogen-bond donors (Lipinski definition) is 0. The van der Waals surface area contributed by atoms with Crippen LogP contribution in [0.25, 0.3) is 0 Å². The number of rotatable bonds is 3. The number of likely N-dealkylation sites (tertiary alicyclic amines) is 1. The molecular formula is C15H18N6. The summed E-state index contributed by atoms with van der Waals surface area (Å²) < 4.78 is 4.22. The van der Waals surface area contributed by atoms with Gasteiger partial charge >= 0.3 is 0 Å². The monoisotopic (exact) mass is 282 g/mol. The van der Waals surface area contributed by atoms with Crippen LogP contribution in [0.15, 0.2) is 18.6 Å². The van der Waals surface area contributed by atoms with E-state index in [2.05, 4.69) is 26.8 Å². The SMILES string of the molecule is N#Cc1cnn(C2CN(Cc3cn4c(n3)CCCC4)C2)c1. The first kappa shape index (κ1) is 12.6. The Morgan fingerprint density at radius 2 is 2.19 bits per heavy atom. The summed E-state index contributed by atoms with van der Waals surface area (Å²) in [6, 6.07) is 2.51. The zero-order valence-electron chi connectivity index (χ0n) is 11.9. The minimum absolute atomic E-state index is 0.393. The molecule has 0 amide bonds. The molecule has 0 atom stereocenters. The summed E-state index contributed by atoms with van der Waals surface area (Å²) in [5.74, 6) is 1.25. The number of hydrogen-bond acceptors (Lipinski definition) is 4. The van der Waals surface area contributed by atoms with Crippen LogP contribution in [-0.4, -0.2) is 37.3 Å². The van der Waals surface area contributed by atoms with Crippen LogP contribution in [0.4, 0.5) is 0 Å². The molecule has 2 aromatic heterocycles. The molecule has 1 saturated heterocycles. The first-order valence-corrected chi connectivity index (χ1v) is 7.53. The van der Waals surface area contributed by atoms with Gasteiger partial charge in [-0.25, -0.2) is 4.98 Å². The lowest BCUT2D eigenvalue weighted by Crippen LogP contribution is -2.47. The quantitative estimate of drug-likeness (QED) is 0.852. The Bertz CT molecular complexity index is 662. The molecule has 0 spiro atoms. The normalized spacial score (nSPS) is 19.0. The smallest absolute Gasteiger partial charge is 0.109 e. The fraction of sp³-hybridized carbons (Fsp3) is 0.533. The highest BCUT2D eigenvalue weighted by atomic mass is 15.4. The van der Waals surface area contributed by atoms with Crippen molar-refractivity contribution < 1.29 is 0 Å². The second-order valence-corrected chi connectivity index (χ2v) is 5.97.